The number of nitrogens with one attached hydrogen (secondary N) is 1. The van der Waals surface area contributed by atoms with Crippen LogP contribution in [0.1, 0.15) is 45.4 Å². The molecule has 0 saturated heterocycles. The summed E-state index contributed by atoms with van der Waals surface area (Å²) in [5.74, 6) is 4.22. The lowest BCUT2D eigenvalue weighted by Gasteiger charge is -2.59. The van der Waals surface area contributed by atoms with Crippen LogP contribution >= 0.6 is 0 Å². The molecule has 1 heteroatoms. The SMILES string of the molecule is CNCC(C)C12CC3CC(CC(C3)C1)C2. The number of rotatable bonds is 3. The second-order valence-electron chi connectivity index (χ2n) is 6.74. The monoisotopic (exact) mass is 207 g/mol. The van der Waals surface area contributed by atoms with Gasteiger partial charge in [0.15, 0.2) is 0 Å². The third-order valence-electron chi connectivity index (χ3n) is 5.64. The zero-order valence-corrected chi connectivity index (χ0v) is 10.3. The number of hydrogen-bond donors (Lipinski definition) is 1. The van der Waals surface area contributed by atoms with Crippen molar-refractivity contribution in [3.05, 3.63) is 0 Å². The van der Waals surface area contributed by atoms with E-state index >= 15 is 0 Å². The molecule has 4 aliphatic carbocycles. The van der Waals surface area contributed by atoms with Crippen LogP contribution in [0.5, 0.6) is 0 Å². The van der Waals surface area contributed by atoms with E-state index in [2.05, 4.69) is 19.3 Å². The molecule has 0 spiro atoms. The van der Waals surface area contributed by atoms with Gasteiger partial charge in [-0.15, -0.1) is 0 Å². The maximum atomic E-state index is 3.39. The Morgan fingerprint density at radius 2 is 1.53 bits per heavy atom. The first-order valence-corrected chi connectivity index (χ1v) is 6.86. The zero-order valence-electron chi connectivity index (χ0n) is 10.3. The lowest BCUT2D eigenvalue weighted by molar-refractivity contribution is -0.0821. The Labute approximate surface area is 94.0 Å². The molecule has 1 atom stereocenters. The van der Waals surface area contributed by atoms with Crippen molar-refractivity contribution >= 4 is 0 Å². The van der Waals surface area contributed by atoms with Crippen LogP contribution in [0.4, 0.5) is 0 Å². The molecule has 4 bridgehead atoms. The van der Waals surface area contributed by atoms with Crippen molar-refractivity contribution in [2.75, 3.05) is 13.6 Å². The molecule has 0 heterocycles. The molecular weight excluding hydrogens is 182 g/mol. The third kappa shape index (κ3) is 1.54. The molecule has 1 N–H and O–H groups in total. The first-order chi connectivity index (χ1) is 7.22. The van der Waals surface area contributed by atoms with Crippen molar-refractivity contribution in [2.24, 2.45) is 29.1 Å². The summed E-state index contributed by atoms with van der Waals surface area (Å²) in [6.45, 7) is 3.72. The third-order valence-corrected chi connectivity index (χ3v) is 5.64. The van der Waals surface area contributed by atoms with Gasteiger partial charge in [-0.3, -0.25) is 0 Å². The Hall–Kier alpha value is -0.0400. The van der Waals surface area contributed by atoms with Crippen LogP contribution in [0.25, 0.3) is 0 Å². The highest BCUT2D eigenvalue weighted by Gasteiger charge is 2.52. The van der Waals surface area contributed by atoms with Crippen molar-refractivity contribution in [3.63, 3.8) is 0 Å². The fraction of sp³-hybridized carbons (Fsp3) is 1.00. The van der Waals surface area contributed by atoms with E-state index in [1.165, 1.54) is 6.54 Å². The van der Waals surface area contributed by atoms with Gasteiger partial charge in [-0.25, -0.2) is 0 Å². The van der Waals surface area contributed by atoms with E-state index in [-0.39, 0.29) is 0 Å². The minimum atomic E-state index is 0.748. The molecule has 0 aromatic carbocycles. The van der Waals surface area contributed by atoms with Gasteiger partial charge in [0.05, 0.1) is 0 Å². The molecule has 0 aromatic heterocycles. The number of hydrogen-bond acceptors (Lipinski definition) is 1. The summed E-state index contributed by atoms with van der Waals surface area (Å²) in [5.41, 5.74) is 0.748. The van der Waals surface area contributed by atoms with Gasteiger partial charge in [0.2, 0.25) is 0 Å². The molecule has 4 saturated carbocycles. The molecule has 0 radical (unpaired) electrons. The summed E-state index contributed by atoms with van der Waals surface area (Å²) >= 11 is 0. The molecule has 15 heavy (non-hydrogen) atoms. The quantitative estimate of drug-likeness (QED) is 0.750. The fourth-order valence-corrected chi connectivity index (χ4v) is 5.30. The van der Waals surface area contributed by atoms with E-state index in [0.29, 0.717) is 0 Å². The second-order valence-corrected chi connectivity index (χ2v) is 6.74. The summed E-state index contributed by atoms with van der Waals surface area (Å²) in [6.07, 6.45) is 9.40. The Morgan fingerprint density at radius 3 is 1.93 bits per heavy atom. The van der Waals surface area contributed by atoms with Gasteiger partial charge in [-0.1, -0.05) is 6.92 Å². The van der Waals surface area contributed by atoms with Gasteiger partial charge in [0, 0.05) is 0 Å². The first-order valence-electron chi connectivity index (χ1n) is 6.86. The van der Waals surface area contributed by atoms with Gasteiger partial charge in [-0.2, -0.15) is 0 Å². The van der Waals surface area contributed by atoms with Gasteiger partial charge >= 0.3 is 0 Å². The normalized spacial score (nSPS) is 49.6. The molecule has 86 valence electrons. The van der Waals surface area contributed by atoms with Gasteiger partial charge in [-0.05, 0) is 81.2 Å². The van der Waals surface area contributed by atoms with Crippen LogP contribution in [-0.4, -0.2) is 13.6 Å². The van der Waals surface area contributed by atoms with Crippen molar-refractivity contribution in [1.82, 2.24) is 5.32 Å². The van der Waals surface area contributed by atoms with Crippen LogP contribution in [0.3, 0.4) is 0 Å². The lowest BCUT2D eigenvalue weighted by Crippen LogP contribution is -2.50. The summed E-state index contributed by atoms with van der Waals surface area (Å²) in [4.78, 5) is 0. The van der Waals surface area contributed by atoms with Crippen LogP contribution < -0.4 is 5.32 Å². The highest BCUT2D eigenvalue weighted by atomic mass is 14.8. The second kappa shape index (κ2) is 3.48. The smallest absolute Gasteiger partial charge is 0.00208 e. The molecule has 1 nitrogen and oxygen atoms in total. The van der Waals surface area contributed by atoms with E-state index in [4.69, 9.17) is 0 Å². The highest BCUT2D eigenvalue weighted by molar-refractivity contribution is 5.03. The standard InChI is InChI=1S/C14H25N/c1-10(9-15-2)14-6-11-3-12(7-14)5-13(4-11)8-14/h10-13,15H,3-9H2,1-2H3. The predicted molar refractivity (Wildman–Crippen MR) is 63.7 cm³/mol. The van der Waals surface area contributed by atoms with Crippen LogP contribution in [0.15, 0.2) is 0 Å². The lowest BCUT2D eigenvalue weighted by atomic mass is 9.46. The fourth-order valence-electron chi connectivity index (χ4n) is 5.30. The van der Waals surface area contributed by atoms with Crippen molar-refractivity contribution in [1.29, 1.82) is 0 Å². The van der Waals surface area contributed by atoms with E-state index in [1.807, 2.05) is 0 Å². The van der Waals surface area contributed by atoms with Crippen molar-refractivity contribution in [3.8, 4) is 0 Å². The van der Waals surface area contributed by atoms with E-state index in [9.17, 15) is 0 Å². The zero-order chi connectivity index (χ0) is 10.5. The average Bonchev–Trinajstić information content (AvgIpc) is 2.15. The summed E-state index contributed by atoms with van der Waals surface area (Å²) in [6, 6.07) is 0. The Bertz CT molecular complexity index is 210. The molecule has 4 rings (SSSR count). The summed E-state index contributed by atoms with van der Waals surface area (Å²) in [7, 11) is 2.11. The van der Waals surface area contributed by atoms with E-state index in [1.54, 1.807) is 38.5 Å². The predicted octanol–water partition coefficient (Wildman–Crippen LogP) is 3.06. The summed E-state index contributed by atoms with van der Waals surface area (Å²) in [5, 5.41) is 3.39. The average molecular weight is 207 g/mol. The largest absolute Gasteiger partial charge is 0.319 e. The highest BCUT2D eigenvalue weighted by Crippen LogP contribution is 2.62. The topological polar surface area (TPSA) is 12.0 Å². The van der Waals surface area contributed by atoms with Gasteiger partial charge in [0.1, 0.15) is 0 Å². The molecule has 4 fully saturated rings. The van der Waals surface area contributed by atoms with Gasteiger partial charge in [0.25, 0.3) is 0 Å². The van der Waals surface area contributed by atoms with Crippen LogP contribution in [0, 0.1) is 29.1 Å². The molecule has 0 amide bonds. The van der Waals surface area contributed by atoms with Crippen molar-refractivity contribution in [2.45, 2.75) is 45.4 Å². The molecular formula is C14H25N. The van der Waals surface area contributed by atoms with E-state index in [0.717, 1.165) is 29.1 Å². The Balaban J connectivity index is 1.80. The maximum absolute atomic E-state index is 3.39. The van der Waals surface area contributed by atoms with E-state index < -0.39 is 0 Å². The summed E-state index contributed by atoms with van der Waals surface area (Å²) < 4.78 is 0. The Kier molecular flexibility index (Phi) is 2.35. The maximum Gasteiger partial charge on any atom is -0.00208 e. The van der Waals surface area contributed by atoms with Crippen molar-refractivity contribution < 1.29 is 0 Å². The molecule has 0 aliphatic heterocycles. The Morgan fingerprint density at radius 1 is 1.07 bits per heavy atom. The minimum Gasteiger partial charge on any atom is -0.319 e. The molecule has 4 aliphatic rings. The minimum absolute atomic E-state index is 0.748. The van der Waals surface area contributed by atoms with Crippen LogP contribution in [-0.2, 0) is 0 Å². The van der Waals surface area contributed by atoms with Gasteiger partial charge < -0.3 is 5.32 Å². The molecule has 1 unspecified atom stereocenters. The molecule has 0 aromatic rings. The van der Waals surface area contributed by atoms with Crippen LogP contribution in [0.2, 0.25) is 0 Å². The first kappa shape index (κ1) is 10.1.